The Morgan fingerprint density at radius 2 is 0.456 bits per heavy atom. The van der Waals surface area contributed by atoms with Crippen LogP contribution in [0.2, 0.25) is 0 Å². The van der Waals surface area contributed by atoms with Crippen LogP contribution in [0, 0.1) is 0 Å². The molecule has 3 aliphatic rings. The molecule has 6 aromatic heterocycles. The molecule has 0 bridgehead atoms. The average molecular weight is 1470 g/mol. The van der Waals surface area contributed by atoms with Gasteiger partial charge >= 0.3 is 0 Å². The Kier molecular flexibility index (Phi) is 14.2. The highest BCUT2D eigenvalue weighted by Gasteiger charge is 2.50. The smallest absolute Gasteiger partial charge is 0.136 e. The van der Waals surface area contributed by atoms with Crippen LogP contribution in [-0.4, -0.2) is 13.7 Å². The molecule has 0 N–H and O–H groups in total. The van der Waals surface area contributed by atoms with Crippen LogP contribution in [0.4, 0.5) is 0 Å². The van der Waals surface area contributed by atoms with Crippen LogP contribution in [0.5, 0.6) is 0 Å². The fraction of sp³-hybridized carbons (Fsp3) is 0.167. The summed E-state index contributed by atoms with van der Waals surface area (Å²) in [6, 6.07) is 113. The van der Waals surface area contributed by atoms with Crippen LogP contribution < -0.4 is 0 Å². The van der Waals surface area contributed by atoms with Crippen molar-refractivity contribution in [3.63, 3.8) is 0 Å². The molecule has 0 atom stereocenters. The van der Waals surface area contributed by atoms with Crippen molar-refractivity contribution >= 4 is 131 Å². The fourth-order valence-electron chi connectivity index (χ4n) is 20.6. The highest BCUT2D eigenvalue weighted by atomic mass is 16.3. The van der Waals surface area contributed by atoms with Gasteiger partial charge < -0.3 is 27.0 Å². The second-order valence-corrected chi connectivity index (χ2v) is 35.5. The van der Waals surface area contributed by atoms with Gasteiger partial charge in [-0.15, -0.1) is 0 Å². The second kappa shape index (κ2) is 23.8. The lowest BCUT2D eigenvalue weighted by Gasteiger charge is -2.48. The van der Waals surface area contributed by atoms with Crippen molar-refractivity contribution in [2.24, 2.45) is 0 Å². The second-order valence-electron chi connectivity index (χ2n) is 35.5. The molecule has 0 saturated heterocycles. The number of benzene rings is 15. The van der Waals surface area contributed by atoms with Crippen molar-refractivity contribution in [3.05, 3.63) is 343 Å². The summed E-state index contributed by atoms with van der Waals surface area (Å²) in [6.07, 6.45) is 0. The molecule has 0 aliphatic heterocycles. The van der Waals surface area contributed by atoms with Gasteiger partial charge in [0.25, 0.3) is 0 Å². The van der Waals surface area contributed by atoms with E-state index in [0.29, 0.717) is 0 Å². The summed E-state index contributed by atoms with van der Waals surface area (Å²) in [5, 5.41) is 15.0. The van der Waals surface area contributed by atoms with Crippen molar-refractivity contribution in [3.8, 4) is 50.4 Å². The summed E-state index contributed by atoms with van der Waals surface area (Å²) in [6.45, 7) is 28.8. The van der Waals surface area contributed by atoms with E-state index in [1.54, 1.807) is 0 Å². The first kappa shape index (κ1) is 67.9. The summed E-state index contributed by atoms with van der Waals surface area (Å²) in [4.78, 5) is 0. The zero-order valence-corrected chi connectivity index (χ0v) is 66.5. The van der Waals surface area contributed by atoms with Gasteiger partial charge in [0.2, 0.25) is 0 Å². The van der Waals surface area contributed by atoms with Gasteiger partial charge in [0.1, 0.15) is 33.5 Å². The van der Waals surface area contributed by atoms with Gasteiger partial charge in [-0.05, 0) is 215 Å². The van der Waals surface area contributed by atoms with E-state index in [1.165, 1.54) is 182 Å². The molecule has 3 aliphatic carbocycles. The highest BCUT2D eigenvalue weighted by Crippen LogP contribution is 2.60. The van der Waals surface area contributed by atoms with E-state index in [-0.39, 0.29) is 32.5 Å². The van der Waals surface area contributed by atoms with E-state index in [2.05, 4.69) is 394 Å². The summed E-state index contributed by atoms with van der Waals surface area (Å²) in [5.74, 6) is 0. The lowest BCUT2D eigenvalue weighted by molar-refractivity contribution is 0.299. The molecule has 114 heavy (non-hydrogen) atoms. The molecule has 6 heterocycles. The molecule has 21 aromatic rings. The average Bonchev–Trinajstić information content (AvgIpc) is 1.19. The molecule has 552 valence electrons. The molecule has 0 saturated carbocycles. The van der Waals surface area contributed by atoms with Crippen LogP contribution in [0.3, 0.4) is 0 Å². The third-order valence-electron chi connectivity index (χ3n) is 28.7. The van der Waals surface area contributed by atoms with Crippen LogP contribution in [-0.2, 0) is 32.5 Å². The third-order valence-corrected chi connectivity index (χ3v) is 28.7. The Morgan fingerprint density at radius 3 is 0.851 bits per heavy atom. The van der Waals surface area contributed by atoms with E-state index < -0.39 is 0 Å². The molecule has 0 unspecified atom stereocenters. The zero-order valence-electron chi connectivity index (χ0n) is 66.5. The van der Waals surface area contributed by atoms with Crippen LogP contribution >= 0.6 is 0 Å². The maximum Gasteiger partial charge on any atom is 0.136 e. The van der Waals surface area contributed by atoms with Gasteiger partial charge in [-0.3, -0.25) is 0 Å². The molecule has 0 spiro atoms. The maximum absolute atomic E-state index is 6.33. The number of rotatable bonds is 3. The Morgan fingerprint density at radius 1 is 0.184 bits per heavy atom. The molecular weight excluding hydrogens is 1390 g/mol. The lowest BCUT2D eigenvalue weighted by Crippen LogP contribution is -2.43. The van der Waals surface area contributed by atoms with Gasteiger partial charge in [0.15, 0.2) is 0 Å². The highest BCUT2D eigenvalue weighted by molar-refractivity contribution is 6.15. The van der Waals surface area contributed by atoms with Gasteiger partial charge in [-0.1, -0.05) is 271 Å². The first-order valence-electron chi connectivity index (χ1n) is 40.4. The van der Waals surface area contributed by atoms with E-state index >= 15 is 0 Å². The van der Waals surface area contributed by atoms with Crippen molar-refractivity contribution in [2.75, 3.05) is 0 Å². The van der Waals surface area contributed by atoms with Gasteiger partial charge in [-0.2, -0.15) is 0 Å². The summed E-state index contributed by atoms with van der Waals surface area (Å²) in [5.41, 5.74) is 32.4. The summed E-state index contributed by atoms with van der Waals surface area (Å²) in [7, 11) is 0. The van der Waals surface area contributed by atoms with Crippen molar-refractivity contribution in [2.45, 2.75) is 116 Å². The SMILES string of the molecule is CC1(C)c2cc(-n3c4ccccc4c4ccccc43)ccc2-c2cc3c(cc2C1(C)C)oc1ccccc13.CC1(C)c2cc(-n3c4ccccc4c4ccccc43)ccc2-c2cc3oc4ccccc4c3cc2C1(C)C.CC1(C)c2cc(-n3c4ccccc4c4ccccc43)ccc2-c2ccc3oc4ccccc4c3c2C1(C)C. The van der Waals surface area contributed by atoms with Gasteiger partial charge in [-0.25, -0.2) is 0 Å². The Labute approximate surface area is 662 Å². The van der Waals surface area contributed by atoms with Crippen molar-refractivity contribution < 1.29 is 13.3 Å². The molecular formula is C108H87N3O3. The quantitative estimate of drug-likeness (QED) is 0.177. The standard InChI is InChI=1S/3C36H29NO/c1-35(2)29-19-22(37-31-14-8-5-11-24(31)25-12-6-9-15-32(25)37)17-18-23(29)27-21-34-28(20-30(27)36(35,3)4)26-13-7-10-16-33(26)38-34;1-35(2)29-19-22(37-31-14-8-5-11-24(31)25-12-6-9-15-32(25)37)17-18-23(29)27-20-28-26-13-7-10-16-33(26)38-34(28)21-30(27)36(35,3)4;1-35(2)28-21-22(37-29-14-8-5-11-24(29)25-12-6-9-15-30(25)37)17-18-23(28)26-19-20-32-33(34(26)36(35,3)4)27-13-7-10-16-31(27)38-32/h3*5-21H,1-4H3. The zero-order chi connectivity index (χ0) is 77.4. The Hall–Kier alpha value is -12.9. The van der Waals surface area contributed by atoms with Crippen LogP contribution in [0.25, 0.3) is 182 Å². The number of furan rings is 3. The van der Waals surface area contributed by atoms with E-state index in [0.717, 1.165) is 33.5 Å². The third kappa shape index (κ3) is 9.25. The van der Waals surface area contributed by atoms with Crippen LogP contribution in [0.15, 0.2) is 323 Å². The number of aromatic nitrogens is 3. The van der Waals surface area contributed by atoms with E-state index in [4.69, 9.17) is 13.3 Å². The van der Waals surface area contributed by atoms with Crippen molar-refractivity contribution in [1.82, 2.24) is 13.7 Å². The number of fused-ring (bicyclic) bond motifs is 28. The minimum Gasteiger partial charge on any atom is -0.456 e. The van der Waals surface area contributed by atoms with Crippen molar-refractivity contribution in [1.29, 1.82) is 0 Å². The Bertz CT molecular complexity index is 7370. The number of nitrogens with zero attached hydrogens (tertiary/aromatic N) is 3. The monoisotopic (exact) mass is 1470 g/mol. The molecule has 0 fully saturated rings. The largest absolute Gasteiger partial charge is 0.456 e. The van der Waals surface area contributed by atoms with Gasteiger partial charge in [0, 0.05) is 87.1 Å². The molecule has 0 amide bonds. The summed E-state index contributed by atoms with van der Waals surface area (Å²) >= 11 is 0. The predicted octanol–water partition coefficient (Wildman–Crippen LogP) is 29.8. The summed E-state index contributed by atoms with van der Waals surface area (Å²) < 4.78 is 26.2. The first-order chi connectivity index (χ1) is 55.1. The minimum atomic E-state index is -0.124. The number of hydrogen-bond acceptors (Lipinski definition) is 3. The topological polar surface area (TPSA) is 54.2 Å². The number of hydrogen-bond donors (Lipinski definition) is 0. The molecule has 6 heteroatoms. The molecule has 24 rings (SSSR count). The maximum atomic E-state index is 6.33. The molecule has 6 nitrogen and oxygen atoms in total. The van der Waals surface area contributed by atoms with Gasteiger partial charge in [0.05, 0.1) is 33.1 Å². The predicted molar refractivity (Wildman–Crippen MR) is 479 cm³/mol. The van der Waals surface area contributed by atoms with E-state index in [1.807, 2.05) is 12.1 Å². The first-order valence-corrected chi connectivity index (χ1v) is 40.4. The van der Waals surface area contributed by atoms with E-state index in [9.17, 15) is 0 Å². The minimum absolute atomic E-state index is 0.0820. The molecule has 0 radical (unpaired) electrons. The molecule has 15 aromatic carbocycles. The fourth-order valence-corrected chi connectivity index (χ4v) is 20.6. The normalized spacial score (nSPS) is 15.8. The van der Waals surface area contributed by atoms with Crippen LogP contribution in [0.1, 0.15) is 116 Å². The Balaban J connectivity index is 0.000000104. The lowest BCUT2D eigenvalue weighted by atomic mass is 9.55. The number of para-hydroxylation sites is 9.